The van der Waals surface area contributed by atoms with E-state index in [0.29, 0.717) is 17.3 Å². The van der Waals surface area contributed by atoms with Gasteiger partial charge in [0.2, 0.25) is 0 Å². The molecule has 2 aromatic rings. The Kier molecular flexibility index (Phi) is 3.67. The number of carbonyl (C=O) groups excluding carboxylic acids is 1. The number of carbonyl (C=O) groups is 1. The van der Waals surface area contributed by atoms with Gasteiger partial charge in [-0.3, -0.25) is 14.9 Å². The Bertz CT molecular complexity index is 861. The maximum absolute atomic E-state index is 13.0. The predicted octanol–water partition coefficient (Wildman–Crippen LogP) is 3.76. The van der Waals surface area contributed by atoms with Gasteiger partial charge in [0.05, 0.1) is 4.92 Å². The fourth-order valence-electron chi connectivity index (χ4n) is 3.40. The van der Waals surface area contributed by atoms with Crippen LogP contribution in [0.2, 0.25) is 0 Å². The molecule has 0 spiro atoms. The van der Waals surface area contributed by atoms with E-state index in [1.807, 2.05) is 31.2 Å². The molecular formula is C19H19N3O3. The molecule has 0 aromatic heterocycles. The van der Waals surface area contributed by atoms with Crippen molar-refractivity contribution in [3.8, 4) is 0 Å². The summed E-state index contributed by atoms with van der Waals surface area (Å²) in [4.78, 5) is 25.8. The number of anilines is 2. The van der Waals surface area contributed by atoms with Crippen molar-refractivity contribution in [1.29, 1.82) is 0 Å². The molecule has 2 aromatic carbocycles. The number of rotatable bonds is 4. The molecule has 1 aliphatic carbocycles. The van der Waals surface area contributed by atoms with Crippen LogP contribution in [0.25, 0.3) is 0 Å². The quantitative estimate of drug-likeness (QED) is 0.681. The van der Waals surface area contributed by atoms with Crippen molar-refractivity contribution < 1.29 is 9.72 Å². The lowest BCUT2D eigenvalue weighted by molar-refractivity contribution is -0.384. The highest BCUT2D eigenvalue weighted by atomic mass is 16.6. The second-order valence-electron chi connectivity index (χ2n) is 6.76. The molecule has 25 heavy (non-hydrogen) atoms. The van der Waals surface area contributed by atoms with Crippen LogP contribution < -0.4 is 10.2 Å². The zero-order chi connectivity index (χ0) is 17.6. The lowest BCUT2D eigenvalue weighted by Gasteiger charge is -2.23. The Hall–Kier alpha value is -2.89. The van der Waals surface area contributed by atoms with Crippen molar-refractivity contribution in [2.45, 2.75) is 38.3 Å². The first-order valence-electron chi connectivity index (χ1n) is 8.51. The molecule has 1 saturated carbocycles. The number of hydrogen-bond donors (Lipinski definition) is 1. The van der Waals surface area contributed by atoms with E-state index in [4.69, 9.17) is 0 Å². The third-order valence-electron chi connectivity index (χ3n) is 4.80. The molecular weight excluding hydrogens is 318 g/mol. The summed E-state index contributed by atoms with van der Waals surface area (Å²) >= 11 is 0. The van der Waals surface area contributed by atoms with E-state index in [2.05, 4.69) is 5.32 Å². The van der Waals surface area contributed by atoms with Gasteiger partial charge in [-0.25, -0.2) is 0 Å². The summed E-state index contributed by atoms with van der Waals surface area (Å²) in [5, 5.41) is 14.6. The maximum Gasteiger partial charge on any atom is 0.293 e. The highest BCUT2D eigenvalue weighted by Gasteiger charge is 2.32. The topological polar surface area (TPSA) is 75.5 Å². The zero-order valence-corrected chi connectivity index (χ0v) is 13.9. The second kappa shape index (κ2) is 5.88. The van der Waals surface area contributed by atoms with Crippen LogP contribution in [0.4, 0.5) is 17.1 Å². The highest BCUT2D eigenvalue weighted by Crippen LogP contribution is 2.35. The number of nitrogens with one attached hydrogen (secondary N) is 1. The number of fused-ring (bicyclic) bond motifs is 1. The second-order valence-corrected chi connectivity index (χ2v) is 6.76. The van der Waals surface area contributed by atoms with Crippen molar-refractivity contribution in [2.24, 2.45) is 0 Å². The first kappa shape index (κ1) is 15.6. The molecule has 1 N–H and O–H groups in total. The molecule has 0 radical (unpaired) electrons. The fraction of sp³-hybridized carbons (Fsp3) is 0.316. The molecule has 1 fully saturated rings. The van der Waals surface area contributed by atoms with Crippen molar-refractivity contribution in [1.82, 2.24) is 0 Å². The fourth-order valence-corrected chi connectivity index (χ4v) is 3.40. The van der Waals surface area contributed by atoms with Crippen LogP contribution in [0.15, 0.2) is 42.5 Å². The molecule has 4 rings (SSSR count). The van der Waals surface area contributed by atoms with Gasteiger partial charge in [-0.05, 0) is 49.9 Å². The van der Waals surface area contributed by atoms with Gasteiger partial charge >= 0.3 is 0 Å². The van der Waals surface area contributed by atoms with Crippen LogP contribution in [0.1, 0.15) is 35.7 Å². The van der Waals surface area contributed by atoms with Crippen LogP contribution in [0.5, 0.6) is 0 Å². The van der Waals surface area contributed by atoms with Crippen LogP contribution in [0.3, 0.4) is 0 Å². The van der Waals surface area contributed by atoms with Crippen molar-refractivity contribution >= 4 is 23.0 Å². The molecule has 6 nitrogen and oxygen atoms in total. The number of nitro groups is 1. The largest absolute Gasteiger partial charge is 0.377 e. The van der Waals surface area contributed by atoms with Gasteiger partial charge in [-0.1, -0.05) is 18.2 Å². The molecule has 0 saturated heterocycles. The lowest BCUT2D eigenvalue weighted by atomic mass is 10.1. The van der Waals surface area contributed by atoms with Crippen LogP contribution in [-0.4, -0.2) is 22.9 Å². The van der Waals surface area contributed by atoms with E-state index in [1.54, 1.807) is 17.0 Å². The number of nitro benzene ring substituents is 1. The number of para-hydroxylation sites is 1. The molecule has 1 heterocycles. The molecule has 1 unspecified atom stereocenters. The molecule has 0 bridgehead atoms. The van der Waals surface area contributed by atoms with Gasteiger partial charge in [0.15, 0.2) is 0 Å². The Labute approximate surface area is 145 Å². The van der Waals surface area contributed by atoms with Gasteiger partial charge in [-0.15, -0.1) is 0 Å². The van der Waals surface area contributed by atoms with E-state index in [1.165, 1.54) is 6.07 Å². The third-order valence-corrected chi connectivity index (χ3v) is 4.80. The average Bonchev–Trinajstić information content (AvgIpc) is 3.34. The summed E-state index contributed by atoms with van der Waals surface area (Å²) < 4.78 is 0. The summed E-state index contributed by atoms with van der Waals surface area (Å²) in [5.74, 6) is -0.196. The average molecular weight is 337 g/mol. The third kappa shape index (κ3) is 2.84. The molecule has 2 aliphatic rings. The number of nitrogens with zero attached hydrogens (tertiary/aromatic N) is 2. The summed E-state index contributed by atoms with van der Waals surface area (Å²) in [6.45, 7) is 2.00. The van der Waals surface area contributed by atoms with Crippen LogP contribution >= 0.6 is 0 Å². The van der Waals surface area contributed by atoms with Gasteiger partial charge in [0.1, 0.15) is 5.69 Å². The minimum atomic E-state index is -0.428. The molecule has 1 amide bonds. The van der Waals surface area contributed by atoms with Crippen LogP contribution in [-0.2, 0) is 6.42 Å². The molecule has 1 atom stereocenters. The minimum absolute atomic E-state index is 0.0354. The lowest BCUT2D eigenvalue weighted by Crippen LogP contribution is -2.35. The van der Waals surface area contributed by atoms with E-state index < -0.39 is 4.92 Å². The Morgan fingerprint density at radius 1 is 1.24 bits per heavy atom. The number of amides is 1. The summed E-state index contributed by atoms with van der Waals surface area (Å²) in [6, 6.07) is 12.9. The van der Waals surface area contributed by atoms with Gasteiger partial charge < -0.3 is 10.2 Å². The monoisotopic (exact) mass is 337 g/mol. The Morgan fingerprint density at radius 3 is 2.72 bits per heavy atom. The van der Waals surface area contributed by atoms with Crippen molar-refractivity contribution in [2.75, 3.05) is 10.2 Å². The van der Waals surface area contributed by atoms with Gasteiger partial charge in [0, 0.05) is 29.4 Å². The van der Waals surface area contributed by atoms with Crippen molar-refractivity contribution in [3.05, 3.63) is 63.7 Å². The summed E-state index contributed by atoms with van der Waals surface area (Å²) in [7, 11) is 0. The summed E-state index contributed by atoms with van der Waals surface area (Å²) in [5.41, 5.74) is 2.81. The zero-order valence-electron chi connectivity index (χ0n) is 13.9. The standard InChI is InChI=1S/C19H19N3O3/c1-12-10-13-4-2-3-5-17(13)21(12)19(23)14-6-9-16(20-15-7-8-15)18(11-14)22(24)25/h2-6,9,11-12,15,20H,7-8,10H2,1H3. The first-order valence-corrected chi connectivity index (χ1v) is 8.51. The molecule has 1 aliphatic heterocycles. The number of benzene rings is 2. The van der Waals surface area contributed by atoms with Gasteiger partial charge in [0.25, 0.3) is 11.6 Å². The number of hydrogen-bond acceptors (Lipinski definition) is 4. The maximum atomic E-state index is 13.0. The first-order chi connectivity index (χ1) is 12.0. The van der Waals surface area contributed by atoms with Crippen LogP contribution in [0, 0.1) is 10.1 Å². The van der Waals surface area contributed by atoms with E-state index in [0.717, 1.165) is 30.5 Å². The molecule has 6 heteroatoms. The van der Waals surface area contributed by atoms with E-state index in [9.17, 15) is 14.9 Å². The Balaban J connectivity index is 1.68. The van der Waals surface area contributed by atoms with Gasteiger partial charge in [-0.2, -0.15) is 0 Å². The predicted molar refractivity (Wildman–Crippen MR) is 96.2 cm³/mol. The minimum Gasteiger partial charge on any atom is -0.377 e. The Morgan fingerprint density at radius 2 is 2.00 bits per heavy atom. The SMILES string of the molecule is CC1Cc2ccccc2N1C(=O)c1ccc(NC2CC2)c([N+](=O)[O-])c1. The van der Waals surface area contributed by atoms with E-state index in [-0.39, 0.29) is 17.6 Å². The van der Waals surface area contributed by atoms with E-state index >= 15 is 0 Å². The normalized spacial score (nSPS) is 18.8. The highest BCUT2D eigenvalue weighted by molar-refractivity contribution is 6.08. The van der Waals surface area contributed by atoms with Crippen molar-refractivity contribution in [3.63, 3.8) is 0 Å². The summed E-state index contributed by atoms with van der Waals surface area (Å²) in [6.07, 6.45) is 2.85. The smallest absolute Gasteiger partial charge is 0.293 e. The molecule has 128 valence electrons.